The molecule has 0 aromatic rings. The summed E-state index contributed by atoms with van der Waals surface area (Å²) in [6.45, 7) is 11.1. The predicted octanol–water partition coefficient (Wildman–Crippen LogP) is 1.10. The minimum Gasteiger partial charge on any atom is -0.377 e. The summed E-state index contributed by atoms with van der Waals surface area (Å²) in [5, 5.41) is 3.42. The molecule has 1 atom stereocenters. The highest BCUT2D eigenvalue weighted by atomic mass is 16.5. The first-order chi connectivity index (χ1) is 6.58. The van der Waals surface area contributed by atoms with Gasteiger partial charge in [0.15, 0.2) is 0 Å². The fraction of sp³-hybridized carbons (Fsp3) is 1.00. The highest BCUT2D eigenvalue weighted by molar-refractivity contribution is 4.85. The quantitative estimate of drug-likeness (QED) is 0.738. The van der Waals surface area contributed by atoms with Gasteiger partial charge in [-0.05, 0) is 40.3 Å². The van der Waals surface area contributed by atoms with Gasteiger partial charge in [0.05, 0.1) is 5.60 Å². The lowest BCUT2D eigenvalue weighted by Crippen LogP contribution is -2.49. The maximum atomic E-state index is 5.53. The van der Waals surface area contributed by atoms with Crippen LogP contribution < -0.4 is 5.32 Å². The van der Waals surface area contributed by atoms with Crippen molar-refractivity contribution in [3.63, 3.8) is 0 Å². The van der Waals surface area contributed by atoms with E-state index in [4.69, 9.17) is 4.74 Å². The zero-order chi connectivity index (χ0) is 10.6. The van der Waals surface area contributed by atoms with Crippen LogP contribution in [-0.4, -0.2) is 49.8 Å². The summed E-state index contributed by atoms with van der Waals surface area (Å²) in [6.07, 6.45) is 1.24. The van der Waals surface area contributed by atoms with Crippen LogP contribution in [0.5, 0.6) is 0 Å². The zero-order valence-electron chi connectivity index (χ0n) is 9.97. The Hall–Kier alpha value is -0.120. The van der Waals surface area contributed by atoms with E-state index in [2.05, 4.69) is 31.0 Å². The van der Waals surface area contributed by atoms with Gasteiger partial charge in [-0.15, -0.1) is 0 Å². The molecule has 1 aliphatic rings. The predicted molar refractivity (Wildman–Crippen MR) is 59.6 cm³/mol. The van der Waals surface area contributed by atoms with Gasteiger partial charge in [-0.25, -0.2) is 0 Å². The largest absolute Gasteiger partial charge is 0.377 e. The number of hydrogen-bond acceptors (Lipinski definition) is 3. The molecule has 84 valence electrons. The molecular formula is C11H24N2O. The average Bonchev–Trinajstić information content (AvgIpc) is 2.44. The summed E-state index contributed by atoms with van der Waals surface area (Å²) >= 11 is 0. The molecule has 1 saturated heterocycles. The number of hydrogen-bond donors (Lipinski definition) is 1. The molecule has 1 unspecified atom stereocenters. The van der Waals surface area contributed by atoms with Crippen molar-refractivity contribution in [3.8, 4) is 0 Å². The topological polar surface area (TPSA) is 24.5 Å². The molecule has 0 amide bonds. The van der Waals surface area contributed by atoms with Gasteiger partial charge in [0.1, 0.15) is 0 Å². The lowest BCUT2D eigenvalue weighted by Gasteiger charge is -2.38. The van der Waals surface area contributed by atoms with E-state index in [9.17, 15) is 0 Å². The van der Waals surface area contributed by atoms with E-state index in [1.807, 2.05) is 0 Å². The van der Waals surface area contributed by atoms with Crippen molar-refractivity contribution >= 4 is 0 Å². The van der Waals surface area contributed by atoms with Gasteiger partial charge in [-0.1, -0.05) is 0 Å². The molecule has 0 aliphatic carbocycles. The molecule has 3 nitrogen and oxygen atoms in total. The van der Waals surface area contributed by atoms with Crippen molar-refractivity contribution in [2.45, 2.75) is 38.8 Å². The van der Waals surface area contributed by atoms with Crippen molar-refractivity contribution in [2.24, 2.45) is 0 Å². The Labute approximate surface area is 87.8 Å². The molecule has 1 heterocycles. The molecule has 0 bridgehead atoms. The summed E-state index contributed by atoms with van der Waals surface area (Å²) in [4.78, 5) is 2.52. The van der Waals surface area contributed by atoms with E-state index in [1.165, 1.54) is 13.0 Å². The van der Waals surface area contributed by atoms with Gasteiger partial charge in [0.2, 0.25) is 0 Å². The average molecular weight is 200 g/mol. The minimum atomic E-state index is -0.0513. The fourth-order valence-corrected chi connectivity index (χ4v) is 1.86. The van der Waals surface area contributed by atoms with Gasteiger partial charge in [0.25, 0.3) is 0 Å². The Morgan fingerprint density at radius 2 is 2.00 bits per heavy atom. The molecule has 1 fully saturated rings. The third-order valence-electron chi connectivity index (χ3n) is 3.45. The first-order valence-corrected chi connectivity index (χ1v) is 5.58. The lowest BCUT2D eigenvalue weighted by molar-refractivity contribution is -0.0450. The molecule has 1 rings (SSSR count). The highest BCUT2D eigenvalue weighted by Gasteiger charge is 2.30. The van der Waals surface area contributed by atoms with Gasteiger partial charge in [-0.2, -0.15) is 0 Å². The van der Waals surface area contributed by atoms with Crippen LogP contribution in [-0.2, 0) is 4.74 Å². The van der Waals surface area contributed by atoms with Gasteiger partial charge >= 0.3 is 0 Å². The maximum absolute atomic E-state index is 5.53. The Bertz CT molecular complexity index is 163. The fourth-order valence-electron chi connectivity index (χ4n) is 1.86. The summed E-state index contributed by atoms with van der Waals surface area (Å²) in [6, 6.07) is 0.479. The van der Waals surface area contributed by atoms with Gasteiger partial charge in [0, 0.05) is 26.2 Å². The van der Waals surface area contributed by atoms with Crippen molar-refractivity contribution < 1.29 is 4.74 Å². The zero-order valence-corrected chi connectivity index (χ0v) is 9.97. The molecule has 0 aromatic carbocycles. The van der Waals surface area contributed by atoms with E-state index < -0.39 is 0 Å². The first kappa shape index (κ1) is 12.0. The van der Waals surface area contributed by atoms with Crippen LogP contribution in [0.1, 0.15) is 27.2 Å². The van der Waals surface area contributed by atoms with E-state index in [-0.39, 0.29) is 5.60 Å². The lowest BCUT2D eigenvalue weighted by atomic mass is 9.98. The second-order valence-corrected chi connectivity index (χ2v) is 4.62. The molecule has 0 radical (unpaired) electrons. The second kappa shape index (κ2) is 5.10. The SMILES string of the molecule is COC(C)(C)C(C)N1CCCNCC1. The molecule has 0 spiro atoms. The molecule has 1 N–H and O–H groups in total. The maximum Gasteiger partial charge on any atom is 0.0774 e. The molecule has 1 aliphatic heterocycles. The molecule has 0 aromatic heterocycles. The van der Waals surface area contributed by atoms with Crippen molar-refractivity contribution in [2.75, 3.05) is 33.3 Å². The summed E-state index contributed by atoms with van der Waals surface area (Å²) in [7, 11) is 1.80. The minimum absolute atomic E-state index is 0.0513. The summed E-state index contributed by atoms with van der Waals surface area (Å²) in [5.74, 6) is 0. The van der Waals surface area contributed by atoms with Crippen LogP contribution in [0, 0.1) is 0 Å². The third kappa shape index (κ3) is 2.94. The second-order valence-electron chi connectivity index (χ2n) is 4.62. The van der Waals surface area contributed by atoms with E-state index >= 15 is 0 Å². The molecule has 14 heavy (non-hydrogen) atoms. The first-order valence-electron chi connectivity index (χ1n) is 5.58. The molecule has 0 saturated carbocycles. The number of nitrogens with zero attached hydrogens (tertiary/aromatic N) is 1. The normalized spacial score (nSPS) is 23.1. The Kier molecular flexibility index (Phi) is 4.35. The van der Waals surface area contributed by atoms with Crippen molar-refractivity contribution in [1.29, 1.82) is 0 Å². The number of ether oxygens (including phenoxy) is 1. The van der Waals surface area contributed by atoms with Crippen LogP contribution in [0.3, 0.4) is 0 Å². The standard InChI is InChI=1S/C11H24N2O/c1-10(11(2,3)14-4)13-8-5-6-12-7-9-13/h10,12H,5-9H2,1-4H3. The monoisotopic (exact) mass is 200 g/mol. The Morgan fingerprint density at radius 1 is 1.29 bits per heavy atom. The molecular weight excluding hydrogens is 176 g/mol. The smallest absolute Gasteiger partial charge is 0.0774 e. The van der Waals surface area contributed by atoms with E-state index in [1.54, 1.807) is 7.11 Å². The summed E-state index contributed by atoms with van der Waals surface area (Å²) in [5.41, 5.74) is -0.0513. The van der Waals surface area contributed by atoms with Crippen LogP contribution in [0.2, 0.25) is 0 Å². The van der Waals surface area contributed by atoms with E-state index in [0.29, 0.717) is 6.04 Å². The Morgan fingerprint density at radius 3 is 2.64 bits per heavy atom. The summed E-state index contributed by atoms with van der Waals surface area (Å²) < 4.78 is 5.53. The van der Waals surface area contributed by atoms with Crippen LogP contribution in [0.4, 0.5) is 0 Å². The number of nitrogens with one attached hydrogen (secondary N) is 1. The van der Waals surface area contributed by atoms with Crippen LogP contribution in [0.25, 0.3) is 0 Å². The number of methoxy groups -OCH3 is 1. The third-order valence-corrected chi connectivity index (χ3v) is 3.45. The Balaban J connectivity index is 2.53. The van der Waals surface area contributed by atoms with Crippen LogP contribution in [0.15, 0.2) is 0 Å². The highest BCUT2D eigenvalue weighted by Crippen LogP contribution is 2.19. The van der Waals surface area contributed by atoms with Gasteiger partial charge in [-0.3, -0.25) is 4.90 Å². The van der Waals surface area contributed by atoms with Crippen molar-refractivity contribution in [1.82, 2.24) is 10.2 Å². The van der Waals surface area contributed by atoms with Gasteiger partial charge < -0.3 is 10.1 Å². The molecule has 3 heteroatoms. The number of rotatable bonds is 3. The van der Waals surface area contributed by atoms with Crippen LogP contribution >= 0.6 is 0 Å². The van der Waals surface area contributed by atoms with Crippen molar-refractivity contribution in [3.05, 3.63) is 0 Å². The van der Waals surface area contributed by atoms with E-state index in [0.717, 1.165) is 19.6 Å².